The van der Waals surface area contributed by atoms with Gasteiger partial charge in [-0.1, -0.05) is 12.0 Å². The van der Waals surface area contributed by atoms with Crippen LogP contribution < -0.4 is 15.0 Å². The molecule has 0 unspecified atom stereocenters. The average Bonchev–Trinajstić information content (AvgIpc) is 3.04. The Bertz CT molecular complexity index is 1240. The monoisotopic (exact) mass is 410 g/mol. The van der Waals surface area contributed by atoms with Gasteiger partial charge in [-0.25, -0.2) is 4.90 Å². The van der Waals surface area contributed by atoms with Gasteiger partial charge in [0, 0.05) is 16.8 Å². The lowest BCUT2D eigenvalue weighted by Crippen LogP contribution is -2.29. The summed E-state index contributed by atoms with van der Waals surface area (Å²) in [5.41, 5.74) is 2.32. The zero-order chi connectivity index (χ0) is 22.0. The van der Waals surface area contributed by atoms with Crippen LogP contribution in [0.25, 0.3) is 0 Å². The van der Waals surface area contributed by atoms with E-state index in [1.54, 1.807) is 48.5 Å². The summed E-state index contributed by atoms with van der Waals surface area (Å²) in [4.78, 5) is 39.5. The number of carbonyl (C=O) groups is 3. The second kappa shape index (κ2) is 8.17. The molecule has 3 aromatic carbocycles. The van der Waals surface area contributed by atoms with E-state index in [1.165, 1.54) is 18.2 Å². The molecule has 0 spiro atoms. The van der Waals surface area contributed by atoms with E-state index < -0.39 is 17.7 Å². The smallest absolute Gasteiger partial charge is 0.266 e. The molecule has 6 nitrogen and oxygen atoms in total. The van der Waals surface area contributed by atoms with Gasteiger partial charge in [0.1, 0.15) is 5.75 Å². The zero-order valence-electron chi connectivity index (χ0n) is 16.7. The first kappa shape index (κ1) is 19.9. The first-order valence-corrected chi connectivity index (χ1v) is 9.65. The lowest BCUT2D eigenvalue weighted by Gasteiger charge is -2.14. The quantitative estimate of drug-likeness (QED) is 0.507. The molecule has 3 aromatic rings. The van der Waals surface area contributed by atoms with Crippen LogP contribution in [0.2, 0.25) is 0 Å². The van der Waals surface area contributed by atoms with E-state index in [9.17, 15) is 14.4 Å². The van der Waals surface area contributed by atoms with Gasteiger partial charge in [0.05, 0.1) is 23.4 Å². The number of carbonyl (C=O) groups excluding carboxylic acids is 3. The molecule has 0 aromatic heterocycles. The first-order valence-electron chi connectivity index (χ1n) is 9.65. The van der Waals surface area contributed by atoms with Crippen molar-refractivity contribution in [3.8, 4) is 18.1 Å². The number of fused-ring (bicyclic) bond motifs is 1. The maximum atomic E-state index is 13.0. The molecule has 4 rings (SSSR count). The normalized spacial score (nSPS) is 12.3. The molecule has 152 valence electrons. The number of imide groups is 1. The lowest BCUT2D eigenvalue weighted by molar-refractivity contribution is 0.0925. The van der Waals surface area contributed by atoms with Gasteiger partial charge in [0.25, 0.3) is 17.7 Å². The molecule has 1 aliphatic heterocycles. The molecular formula is C25H18N2O4. The maximum Gasteiger partial charge on any atom is 0.266 e. The van der Waals surface area contributed by atoms with Crippen molar-refractivity contribution in [2.75, 3.05) is 16.8 Å². The van der Waals surface area contributed by atoms with Crippen molar-refractivity contribution in [2.24, 2.45) is 0 Å². The summed E-state index contributed by atoms with van der Waals surface area (Å²) in [5.74, 6) is 1.84. The number of nitrogens with one attached hydrogen (secondary N) is 1. The van der Waals surface area contributed by atoms with E-state index in [1.807, 2.05) is 6.92 Å². The van der Waals surface area contributed by atoms with Crippen molar-refractivity contribution in [3.05, 3.63) is 89.0 Å². The molecule has 0 saturated heterocycles. The largest absolute Gasteiger partial charge is 0.494 e. The van der Waals surface area contributed by atoms with Gasteiger partial charge in [-0.05, 0) is 67.6 Å². The van der Waals surface area contributed by atoms with Crippen molar-refractivity contribution < 1.29 is 19.1 Å². The van der Waals surface area contributed by atoms with Gasteiger partial charge in [-0.15, -0.1) is 6.42 Å². The van der Waals surface area contributed by atoms with Gasteiger partial charge < -0.3 is 10.1 Å². The minimum absolute atomic E-state index is 0.184. The summed E-state index contributed by atoms with van der Waals surface area (Å²) < 4.78 is 5.40. The summed E-state index contributed by atoms with van der Waals surface area (Å²) in [6.07, 6.45) is 5.39. The first-order chi connectivity index (χ1) is 15.0. The Kier molecular flexibility index (Phi) is 5.25. The summed E-state index contributed by atoms with van der Waals surface area (Å²) in [6, 6.07) is 18.0. The third-order valence-corrected chi connectivity index (χ3v) is 4.84. The Morgan fingerprint density at radius 2 is 1.74 bits per heavy atom. The second-order valence-electron chi connectivity index (χ2n) is 6.81. The molecule has 1 aliphatic rings. The Balaban J connectivity index is 1.58. The molecule has 0 bridgehead atoms. The number of hydrogen-bond donors (Lipinski definition) is 1. The molecule has 0 aliphatic carbocycles. The summed E-state index contributed by atoms with van der Waals surface area (Å²) in [7, 11) is 0. The number of rotatable bonds is 5. The highest BCUT2D eigenvalue weighted by Crippen LogP contribution is 2.30. The molecule has 0 saturated carbocycles. The van der Waals surface area contributed by atoms with Gasteiger partial charge in [0.15, 0.2) is 0 Å². The number of anilines is 2. The van der Waals surface area contributed by atoms with Crippen molar-refractivity contribution in [1.82, 2.24) is 0 Å². The molecule has 6 heteroatoms. The topological polar surface area (TPSA) is 75.7 Å². The number of amides is 3. The number of terminal acetylenes is 1. The van der Waals surface area contributed by atoms with Crippen LogP contribution in [0, 0.1) is 12.3 Å². The van der Waals surface area contributed by atoms with Gasteiger partial charge in [-0.2, -0.15) is 0 Å². The maximum absolute atomic E-state index is 13.0. The zero-order valence-corrected chi connectivity index (χ0v) is 16.7. The molecule has 0 radical (unpaired) electrons. The Hall–Kier alpha value is -4.37. The fourth-order valence-electron chi connectivity index (χ4n) is 3.36. The molecule has 0 fully saturated rings. The summed E-state index contributed by atoms with van der Waals surface area (Å²) in [6.45, 7) is 2.39. The highest BCUT2D eigenvalue weighted by atomic mass is 16.5. The molecule has 0 atom stereocenters. The van der Waals surface area contributed by atoms with Crippen LogP contribution >= 0.6 is 0 Å². The second-order valence-corrected chi connectivity index (χ2v) is 6.81. The molecule has 1 heterocycles. The number of nitrogens with zero attached hydrogens (tertiary/aromatic N) is 1. The highest BCUT2D eigenvalue weighted by molar-refractivity contribution is 6.34. The Labute approximate surface area is 179 Å². The van der Waals surface area contributed by atoms with Gasteiger partial charge >= 0.3 is 0 Å². The third-order valence-electron chi connectivity index (χ3n) is 4.84. The molecular weight excluding hydrogens is 392 g/mol. The third kappa shape index (κ3) is 3.77. The lowest BCUT2D eigenvalue weighted by atomic mass is 10.1. The van der Waals surface area contributed by atoms with Crippen LogP contribution in [0.15, 0.2) is 66.7 Å². The summed E-state index contributed by atoms with van der Waals surface area (Å²) >= 11 is 0. The fraction of sp³-hybridized carbons (Fsp3) is 0.0800. The van der Waals surface area contributed by atoms with Crippen molar-refractivity contribution in [3.63, 3.8) is 0 Å². The number of benzene rings is 3. The van der Waals surface area contributed by atoms with Crippen LogP contribution in [0.4, 0.5) is 11.4 Å². The fourth-order valence-corrected chi connectivity index (χ4v) is 3.36. The minimum Gasteiger partial charge on any atom is -0.494 e. The standard InChI is InChI=1S/C25H18N2O4/c1-3-16-6-5-7-18(14-16)26-23(28)17-8-13-21-22(15-17)25(30)27(24(21)29)19-9-11-20(12-10-19)31-4-2/h1,5-15H,4H2,2H3,(H,26,28). The van der Waals surface area contributed by atoms with Crippen LogP contribution in [0.3, 0.4) is 0 Å². The van der Waals surface area contributed by atoms with E-state index >= 15 is 0 Å². The van der Waals surface area contributed by atoms with Crippen molar-refractivity contribution in [1.29, 1.82) is 0 Å². The van der Waals surface area contributed by atoms with E-state index in [0.717, 1.165) is 4.90 Å². The minimum atomic E-state index is -0.479. The molecule has 1 N–H and O–H groups in total. The SMILES string of the molecule is C#Cc1cccc(NC(=O)c2ccc3c(c2)C(=O)N(c2ccc(OCC)cc2)C3=O)c1. The summed E-state index contributed by atoms with van der Waals surface area (Å²) in [5, 5.41) is 2.75. The average molecular weight is 410 g/mol. The van der Waals surface area contributed by atoms with E-state index in [-0.39, 0.29) is 16.7 Å². The predicted molar refractivity (Wildman–Crippen MR) is 118 cm³/mol. The highest BCUT2D eigenvalue weighted by Gasteiger charge is 2.37. The van der Waals surface area contributed by atoms with E-state index in [4.69, 9.17) is 11.2 Å². The Morgan fingerprint density at radius 1 is 1.00 bits per heavy atom. The molecule has 31 heavy (non-hydrogen) atoms. The van der Waals surface area contributed by atoms with Gasteiger partial charge in [0.2, 0.25) is 0 Å². The van der Waals surface area contributed by atoms with E-state index in [2.05, 4.69) is 11.2 Å². The number of ether oxygens (including phenoxy) is 1. The van der Waals surface area contributed by atoms with E-state index in [0.29, 0.717) is 29.3 Å². The van der Waals surface area contributed by atoms with Crippen LogP contribution in [-0.4, -0.2) is 24.3 Å². The number of hydrogen-bond acceptors (Lipinski definition) is 4. The molecule has 3 amide bonds. The van der Waals surface area contributed by atoms with Crippen molar-refractivity contribution >= 4 is 29.1 Å². The van der Waals surface area contributed by atoms with Crippen molar-refractivity contribution in [2.45, 2.75) is 6.92 Å². The van der Waals surface area contributed by atoms with Crippen LogP contribution in [0.5, 0.6) is 5.75 Å². The van der Waals surface area contributed by atoms with Crippen LogP contribution in [-0.2, 0) is 0 Å². The van der Waals surface area contributed by atoms with Crippen LogP contribution in [0.1, 0.15) is 43.6 Å². The predicted octanol–water partition coefficient (Wildman–Crippen LogP) is 4.12. The van der Waals surface area contributed by atoms with Gasteiger partial charge in [-0.3, -0.25) is 14.4 Å². The Morgan fingerprint density at radius 3 is 2.45 bits per heavy atom.